The van der Waals surface area contributed by atoms with Crippen molar-refractivity contribution in [3.63, 3.8) is 0 Å². The predicted octanol–water partition coefficient (Wildman–Crippen LogP) is 2.60. The highest BCUT2D eigenvalue weighted by Gasteiger charge is 2.14. The molecule has 0 aliphatic carbocycles. The fraction of sp³-hybridized carbons (Fsp3) is 0.636. The van der Waals surface area contributed by atoms with Gasteiger partial charge in [-0.1, -0.05) is 25.4 Å². The average Bonchev–Trinajstić information content (AvgIpc) is 2.26. The van der Waals surface area contributed by atoms with Crippen molar-refractivity contribution in [2.75, 3.05) is 18.5 Å². The molecule has 0 bridgehead atoms. The molecule has 0 amide bonds. The molecule has 1 unspecified atom stereocenters. The summed E-state index contributed by atoms with van der Waals surface area (Å²) in [6.45, 7) is 7.61. The molecule has 0 fully saturated rings. The van der Waals surface area contributed by atoms with Crippen molar-refractivity contribution in [3.8, 4) is 0 Å². The number of rotatable bonds is 6. The van der Waals surface area contributed by atoms with Gasteiger partial charge in [0.05, 0.1) is 30.1 Å². The minimum absolute atomic E-state index is 0.209. The normalized spacial score (nSPS) is 12.8. The van der Waals surface area contributed by atoms with E-state index in [0.29, 0.717) is 30.1 Å². The molecule has 0 aliphatic heterocycles. The van der Waals surface area contributed by atoms with Gasteiger partial charge in [-0.05, 0) is 12.8 Å². The van der Waals surface area contributed by atoms with Gasteiger partial charge in [0.15, 0.2) is 0 Å². The number of nitrogens with zero attached hydrogens (tertiary/aromatic N) is 2. The summed E-state index contributed by atoms with van der Waals surface area (Å²) in [5.74, 6) is 1.04. The lowest BCUT2D eigenvalue weighted by Crippen LogP contribution is -2.31. The van der Waals surface area contributed by atoms with E-state index in [1.54, 1.807) is 12.4 Å². The first-order valence-electron chi connectivity index (χ1n) is 5.45. The minimum atomic E-state index is 0.209. The lowest BCUT2D eigenvalue weighted by atomic mass is 10.1. The van der Waals surface area contributed by atoms with E-state index in [1.807, 2.05) is 6.92 Å². The number of anilines is 1. The second kappa shape index (κ2) is 6.66. The Bertz CT molecular complexity index is 303. The molecular formula is C11H18ClN3O. The van der Waals surface area contributed by atoms with Crippen LogP contribution in [0.15, 0.2) is 12.4 Å². The molecule has 1 aromatic rings. The van der Waals surface area contributed by atoms with Crippen LogP contribution in [0, 0.1) is 5.92 Å². The van der Waals surface area contributed by atoms with Crippen LogP contribution in [0.25, 0.3) is 0 Å². The number of nitrogens with one attached hydrogen (secondary N) is 1. The molecule has 0 saturated heterocycles. The third-order valence-corrected chi connectivity index (χ3v) is 2.44. The van der Waals surface area contributed by atoms with E-state index in [1.165, 1.54) is 0 Å². The zero-order valence-electron chi connectivity index (χ0n) is 9.90. The maximum Gasteiger partial charge on any atom is 0.222 e. The van der Waals surface area contributed by atoms with Gasteiger partial charge in [0.2, 0.25) is 5.95 Å². The van der Waals surface area contributed by atoms with Crippen LogP contribution in [-0.2, 0) is 4.74 Å². The Balaban J connectivity index is 2.57. The van der Waals surface area contributed by atoms with E-state index < -0.39 is 0 Å². The Morgan fingerprint density at radius 1 is 1.38 bits per heavy atom. The summed E-state index contributed by atoms with van der Waals surface area (Å²) in [4.78, 5) is 8.20. The summed E-state index contributed by atoms with van der Waals surface area (Å²) in [6, 6.07) is 0.209. The Hall–Kier alpha value is -0.870. The van der Waals surface area contributed by atoms with E-state index in [-0.39, 0.29) is 6.04 Å². The predicted molar refractivity (Wildman–Crippen MR) is 65.8 cm³/mol. The number of ether oxygens (including phenoxy) is 1. The number of halogens is 1. The van der Waals surface area contributed by atoms with Gasteiger partial charge in [-0.3, -0.25) is 0 Å². The summed E-state index contributed by atoms with van der Waals surface area (Å²) in [5.41, 5.74) is 0. The average molecular weight is 244 g/mol. The highest BCUT2D eigenvalue weighted by molar-refractivity contribution is 6.30. The summed E-state index contributed by atoms with van der Waals surface area (Å²) >= 11 is 5.72. The highest BCUT2D eigenvalue weighted by Crippen LogP contribution is 2.10. The second-order valence-electron chi connectivity index (χ2n) is 3.88. The second-order valence-corrected chi connectivity index (χ2v) is 4.32. The van der Waals surface area contributed by atoms with E-state index in [4.69, 9.17) is 16.3 Å². The Morgan fingerprint density at radius 2 is 2.00 bits per heavy atom. The summed E-state index contributed by atoms with van der Waals surface area (Å²) < 4.78 is 5.41. The summed E-state index contributed by atoms with van der Waals surface area (Å²) in [6.07, 6.45) is 3.16. The molecule has 1 aromatic heterocycles. The van der Waals surface area contributed by atoms with Gasteiger partial charge in [0.25, 0.3) is 0 Å². The lowest BCUT2D eigenvalue weighted by Gasteiger charge is -2.21. The molecule has 16 heavy (non-hydrogen) atoms. The first-order valence-corrected chi connectivity index (χ1v) is 5.83. The third kappa shape index (κ3) is 4.33. The van der Waals surface area contributed by atoms with Crippen LogP contribution in [0.5, 0.6) is 0 Å². The molecule has 0 aromatic carbocycles. The Labute approximate surface area is 101 Å². The molecule has 0 spiro atoms. The van der Waals surface area contributed by atoms with Crippen molar-refractivity contribution in [1.82, 2.24) is 9.97 Å². The third-order valence-electron chi connectivity index (χ3n) is 2.24. The van der Waals surface area contributed by atoms with E-state index in [0.717, 1.165) is 0 Å². The molecular weight excluding hydrogens is 226 g/mol. The Kier molecular flexibility index (Phi) is 5.49. The first kappa shape index (κ1) is 13.2. The lowest BCUT2D eigenvalue weighted by molar-refractivity contribution is 0.126. The molecule has 0 saturated carbocycles. The van der Waals surface area contributed by atoms with Gasteiger partial charge in [0.1, 0.15) is 0 Å². The quantitative estimate of drug-likeness (QED) is 0.834. The standard InChI is InChI=1S/C11H18ClN3O/c1-4-16-7-10(8(2)3)15-11-13-5-9(12)6-14-11/h5-6,8,10H,4,7H2,1-3H3,(H,13,14,15). The molecule has 1 N–H and O–H groups in total. The first-order chi connectivity index (χ1) is 7.63. The zero-order valence-corrected chi connectivity index (χ0v) is 10.7. The highest BCUT2D eigenvalue weighted by atomic mass is 35.5. The smallest absolute Gasteiger partial charge is 0.222 e. The van der Waals surface area contributed by atoms with Gasteiger partial charge in [-0.15, -0.1) is 0 Å². The summed E-state index contributed by atoms with van der Waals surface area (Å²) in [5, 5.41) is 3.77. The van der Waals surface area contributed by atoms with Crippen LogP contribution < -0.4 is 5.32 Å². The summed E-state index contributed by atoms with van der Waals surface area (Å²) in [7, 11) is 0. The van der Waals surface area contributed by atoms with Crippen molar-refractivity contribution < 1.29 is 4.74 Å². The fourth-order valence-corrected chi connectivity index (χ4v) is 1.30. The van der Waals surface area contributed by atoms with Gasteiger partial charge < -0.3 is 10.1 Å². The molecule has 0 aliphatic rings. The van der Waals surface area contributed by atoms with Gasteiger partial charge in [-0.2, -0.15) is 0 Å². The number of hydrogen-bond acceptors (Lipinski definition) is 4. The molecule has 1 atom stereocenters. The van der Waals surface area contributed by atoms with Crippen LogP contribution in [0.3, 0.4) is 0 Å². The topological polar surface area (TPSA) is 47.0 Å². The van der Waals surface area contributed by atoms with Crippen LogP contribution in [-0.4, -0.2) is 29.2 Å². The van der Waals surface area contributed by atoms with Gasteiger partial charge in [-0.25, -0.2) is 9.97 Å². The molecule has 4 nitrogen and oxygen atoms in total. The molecule has 5 heteroatoms. The maximum absolute atomic E-state index is 5.72. The monoisotopic (exact) mass is 243 g/mol. The number of aromatic nitrogens is 2. The number of hydrogen-bond donors (Lipinski definition) is 1. The van der Waals surface area contributed by atoms with Gasteiger partial charge >= 0.3 is 0 Å². The molecule has 1 rings (SSSR count). The van der Waals surface area contributed by atoms with Crippen molar-refractivity contribution in [1.29, 1.82) is 0 Å². The van der Waals surface area contributed by atoms with Crippen molar-refractivity contribution >= 4 is 17.5 Å². The Morgan fingerprint density at radius 3 is 2.50 bits per heavy atom. The van der Waals surface area contributed by atoms with Crippen LogP contribution in [0.4, 0.5) is 5.95 Å². The molecule has 90 valence electrons. The fourth-order valence-electron chi connectivity index (χ4n) is 1.20. The van der Waals surface area contributed by atoms with E-state index in [9.17, 15) is 0 Å². The van der Waals surface area contributed by atoms with Crippen LogP contribution in [0.1, 0.15) is 20.8 Å². The maximum atomic E-state index is 5.72. The molecule has 1 heterocycles. The minimum Gasteiger partial charge on any atom is -0.380 e. The SMILES string of the molecule is CCOCC(Nc1ncc(Cl)cn1)C(C)C. The van der Waals surface area contributed by atoms with Crippen LogP contribution >= 0.6 is 11.6 Å². The van der Waals surface area contributed by atoms with Crippen molar-refractivity contribution in [3.05, 3.63) is 17.4 Å². The van der Waals surface area contributed by atoms with E-state index in [2.05, 4.69) is 29.1 Å². The van der Waals surface area contributed by atoms with Gasteiger partial charge in [0, 0.05) is 6.61 Å². The largest absolute Gasteiger partial charge is 0.380 e. The van der Waals surface area contributed by atoms with Crippen molar-refractivity contribution in [2.45, 2.75) is 26.8 Å². The molecule has 0 radical (unpaired) electrons. The van der Waals surface area contributed by atoms with Crippen LogP contribution in [0.2, 0.25) is 5.02 Å². The zero-order chi connectivity index (χ0) is 12.0. The van der Waals surface area contributed by atoms with E-state index >= 15 is 0 Å². The van der Waals surface area contributed by atoms with Crippen molar-refractivity contribution in [2.24, 2.45) is 5.92 Å².